The number of fused-ring (bicyclic) bond motifs is 12. The van der Waals surface area contributed by atoms with Crippen molar-refractivity contribution in [1.29, 1.82) is 0 Å². The van der Waals surface area contributed by atoms with Gasteiger partial charge < -0.3 is 9.80 Å². The van der Waals surface area contributed by atoms with Crippen LogP contribution in [0.5, 0.6) is 0 Å². The molecule has 0 aliphatic carbocycles. The molecule has 0 spiro atoms. The molecule has 2 nitrogen and oxygen atoms in total. The Kier molecular flexibility index (Phi) is 8.03. The summed E-state index contributed by atoms with van der Waals surface area (Å²) in [7, 11) is 0. The van der Waals surface area contributed by atoms with Crippen molar-refractivity contribution in [3.63, 3.8) is 0 Å². The normalized spacial score (nSPS) is 12.6. The molecule has 0 amide bonds. The first kappa shape index (κ1) is 32.9. The van der Waals surface area contributed by atoms with E-state index in [0.29, 0.717) is 11.1 Å². The first-order chi connectivity index (χ1) is 35.2. The quantitative estimate of drug-likeness (QED) is 0.134. The van der Waals surface area contributed by atoms with E-state index in [4.69, 9.17) is 8.22 Å². The van der Waals surface area contributed by atoms with Crippen LogP contribution in [0.4, 0.5) is 34.1 Å². The van der Waals surface area contributed by atoms with E-state index in [1.807, 2.05) is 48.5 Å². The molecule has 0 saturated carbocycles. The monoisotopic (exact) mass is 846 g/mol. The van der Waals surface area contributed by atoms with Gasteiger partial charge in [-0.15, -0.1) is 0 Å². The highest BCUT2D eigenvalue weighted by molar-refractivity contribution is 6.27. The largest absolute Gasteiger partial charge is 0.310 e. The van der Waals surface area contributed by atoms with E-state index in [1.165, 1.54) is 53.9 Å². The standard InChI is InChI=1S/C64H44N2/c1-3-43-21-29-47(30-22-43)65(51-37-39-61-57-17-7-5-13-53(57)55-15-9-11-19-59(55)63(61)41-51)49-33-25-45(26-34-49)46-27-35-50(36-28-46)66(48-31-23-44(4-2)24-32-48)52-38-40-62-58-18-8-6-14-54(58)56-16-10-12-20-60(56)64(62)42-52/h3-42H,1-2H2/i1D2,2D2,3D,4D. The van der Waals surface area contributed by atoms with Crippen LogP contribution in [0.1, 0.15) is 19.4 Å². The average molecular weight is 847 g/mol. The van der Waals surface area contributed by atoms with Crippen LogP contribution < -0.4 is 9.80 Å². The van der Waals surface area contributed by atoms with Gasteiger partial charge in [-0.25, -0.2) is 0 Å². The third-order valence-corrected chi connectivity index (χ3v) is 13.1. The van der Waals surface area contributed by atoms with Crippen molar-refractivity contribution >= 4 is 111 Å². The fraction of sp³-hybridized carbons (Fsp3) is 0. The van der Waals surface area contributed by atoms with Gasteiger partial charge in [-0.1, -0.05) is 183 Å². The summed E-state index contributed by atoms with van der Waals surface area (Å²) in [4.78, 5) is 4.42. The number of benzene rings is 12. The zero-order valence-electron chi connectivity index (χ0n) is 41.8. The van der Waals surface area contributed by atoms with E-state index < -0.39 is 13.1 Å². The van der Waals surface area contributed by atoms with Crippen LogP contribution in [-0.4, -0.2) is 0 Å². The molecule has 310 valence electrons. The van der Waals surface area contributed by atoms with Gasteiger partial charge in [-0.2, -0.15) is 0 Å². The molecule has 66 heavy (non-hydrogen) atoms. The smallest absolute Gasteiger partial charge is 0.0623 e. The highest BCUT2D eigenvalue weighted by Gasteiger charge is 2.18. The molecule has 0 N–H and O–H groups in total. The van der Waals surface area contributed by atoms with E-state index in [9.17, 15) is 0 Å². The summed E-state index contributed by atoms with van der Waals surface area (Å²) in [6, 6.07) is 79.4. The van der Waals surface area contributed by atoms with Gasteiger partial charge in [0.2, 0.25) is 0 Å². The summed E-state index contributed by atoms with van der Waals surface area (Å²) >= 11 is 0. The summed E-state index contributed by atoms with van der Waals surface area (Å²) in [6.07, 6.45) is 0. The molecule has 0 fully saturated rings. The Morgan fingerprint density at radius 1 is 0.273 bits per heavy atom. The molecule has 0 bridgehead atoms. The average Bonchev–Trinajstić information content (AvgIpc) is 3.43. The summed E-state index contributed by atoms with van der Waals surface area (Å²) in [5.74, 6) is 0. The molecule has 0 atom stereocenters. The van der Waals surface area contributed by atoms with Crippen LogP contribution in [0.15, 0.2) is 244 Å². The Hall–Kier alpha value is -8.72. The van der Waals surface area contributed by atoms with Gasteiger partial charge in [0.15, 0.2) is 0 Å². The first-order valence-corrected chi connectivity index (χ1v) is 22.2. The summed E-state index contributed by atoms with van der Waals surface area (Å²) in [6.45, 7) is -1.05. The van der Waals surface area contributed by atoms with E-state index in [-0.39, 0.29) is 12.1 Å². The van der Waals surface area contributed by atoms with Crippen molar-refractivity contribution in [2.24, 2.45) is 0 Å². The molecule has 0 aliphatic rings. The van der Waals surface area contributed by atoms with Gasteiger partial charge in [-0.3, -0.25) is 0 Å². The van der Waals surface area contributed by atoms with Crippen molar-refractivity contribution in [2.75, 3.05) is 9.80 Å². The number of nitrogens with zero attached hydrogens (tertiary/aromatic N) is 2. The molecule has 12 rings (SSSR count). The fourth-order valence-electron chi connectivity index (χ4n) is 9.96. The van der Waals surface area contributed by atoms with Gasteiger partial charge in [0.05, 0.1) is 8.22 Å². The van der Waals surface area contributed by atoms with Crippen LogP contribution in [0.25, 0.3) is 87.9 Å². The SMILES string of the molecule is [2H]C([2H])=C([2H])c1ccc(N(c2ccc(-c3ccc(N(c4ccc(C([2H])=C([2H])[2H])cc4)c4ccc5c6ccccc6c6ccccc6c5c4)cc3)cc2)c2ccc3c4ccccc4c4ccccc4c3c2)cc1. The van der Waals surface area contributed by atoms with Crippen LogP contribution in [0, 0.1) is 0 Å². The predicted octanol–water partition coefficient (Wildman–Crippen LogP) is 18.5. The fourth-order valence-corrected chi connectivity index (χ4v) is 9.96. The van der Waals surface area contributed by atoms with E-state index in [1.54, 1.807) is 0 Å². The molecular formula is C64H44N2. The lowest BCUT2D eigenvalue weighted by Crippen LogP contribution is -2.10. The molecular weight excluding hydrogens is 797 g/mol. The third kappa shape index (κ3) is 6.58. The van der Waals surface area contributed by atoms with Crippen molar-refractivity contribution in [1.82, 2.24) is 0 Å². The summed E-state index contributed by atoms with van der Waals surface area (Å²) < 4.78 is 47.7. The zero-order chi connectivity index (χ0) is 49.0. The topological polar surface area (TPSA) is 6.48 Å². The molecule has 0 saturated heterocycles. The van der Waals surface area contributed by atoms with Crippen molar-refractivity contribution in [3.8, 4) is 11.1 Å². The number of hydrogen-bond acceptors (Lipinski definition) is 2. The lowest BCUT2D eigenvalue weighted by atomic mass is 9.94. The van der Waals surface area contributed by atoms with Gasteiger partial charge in [0.25, 0.3) is 0 Å². The van der Waals surface area contributed by atoms with Crippen molar-refractivity contribution < 1.29 is 8.22 Å². The summed E-state index contributed by atoms with van der Waals surface area (Å²) in [5, 5.41) is 14.2. The Morgan fingerprint density at radius 2 is 0.515 bits per heavy atom. The Balaban J connectivity index is 0.942. The second-order valence-electron chi connectivity index (χ2n) is 16.8. The molecule has 0 radical (unpaired) electrons. The summed E-state index contributed by atoms with van der Waals surface area (Å²) in [5.41, 5.74) is 8.67. The minimum Gasteiger partial charge on any atom is -0.310 e. The van der Waals surface area contributed by atoms with E-state index >= 15 is 0 Å². The minimum absolute atomic E-state index is 0.128. The molecule has 12 aromatic rings. The first-order valence-electron chi connectivity index (χ1n) is 25.2. The van der Waals surface area contributed by atoms with Crippen LogP contribution in [0.2, 0.25) is 0 Å². The molecule has 0 aromatic heterocycles. The highest BCUT2D eigenvalue weighted by Crippen LogP contribution is 2.44. The molecule has 12 aromatic carbocycles. The van der Waals surface area contributed by atoms with E-state index in [0.717, 1.165) is 56.0 Å². The Bertz CT molecular complexity index is 3800. The van der Waals surface area contributed by atoms with Gasteiger partial charge in [0.1, 0.15) is 0 Å². The molecule has 0 heterocycles. The van der Waals surface area contributed by atoms with Gasteiger partial charge >= 0.3 is 0 Å². The Morgan fingerprint density at radius 3 is 0.803 bits per heavy atom. The number of rotatable bonds is 9. The van der Waals surface area contributed by atoms with Gasteiger partial charge in [0, 0.05) is 34.1 Å². The van der Waals surface area contributed by atoms with Crippen LogP contribution in [-0.2, 0) is 0 Å². The predicted molar refractivity (Wildman–Crippen MR) is 286 cm³/mol. The maximum atomic E-state index is 8.32. The van der Waals surface area contributed by atoms with E-state index in [2.05, 4.69) is 192 Å². The maximum Gasteiger partial charge on any atom is 0.0623 e. The molecule has 0 unspecified atom stereocenters. The maximum absolute atomic E-state index is 8.32. The third-order valence-electron chi connectivity index (χ3n) is 13.1. The minimum atomic E-state index is -0.527. The number of anilines is 6. The highest BCUT2D eigenvalue weighted by atomic mass is 15.1. The molecule has 0 aliphatic heterocycles. The van der Waals surface area contributed by atoms with Crippen molar-refractivity contribution in [2.45, 2.75) is 0 Å². The Labute approximate surface area is 393 Å². The molecule has 2 heteroatoms. The second-order valence-corrected chi connectivity index (χ2v) is 16.8. The number of hydrogen-bond donors (Lipinski definition) is 0. The van der Waals surface area contributed by atoms with Crippen LogP contribution in [0.3, 0.4) is 0 Å². The lowest BCUT2D eigenvalue weighted by molar-refractivity contribution is 1.28. The van der Waals surface area contributed by atoms with Crippen molar-refractivity contribution in [3.05, 3.63) is 255 Å². The van der Waals surface area contributed by atoms with Gasteiger partial charge in [-0.05, 0) is 160 Å². The zero-order valence-corrected chi connectivity index (χ0v) is 35.8. The van der Waals surface area contributed by atoms with Crippen LogP contribution >= 0.6 is 0 Å². The lowest BCUT2D eigenvalue weighted by Gasteiger charge is -2.27. The second kappa shape index (κ2) is 16.1.